The zero-order chi connectivity index (χ0) is 21.3. The predicted octanol–water partition coefficient (Wildman–Crippen LogP) is 5.22. The van der Waals surface area contributed by atoms with Crippen LogP contribution in [0.3, 0.4) is 0 Å². The first kappa shape index (κ1) is 19.8. The highest BCUT2D eigenvalue weighted by molar-refractivity contribution is 6.31. The quantitative estimate of drug-likeness (QED) is 0.451. The van der Waals surface area contributed by atoms with Crippen molar-refractivity contribution in [3.8, 4) is 5.95 Å². The third-order valence-corrected chi connectivity index (χ3v) is 4.80. The summed E-state index contributed by atoms with van der Waals surface area (Å²) < 4.78 is 1.70. The minimum absolute atomic E-state index is 0.120. The molecular formula is C23H20ClN5O. The Hall–Kier alpha value is -3.51. The van der Waals surface area contributed by atoms with Crippen molar-refractivity contribution in [3.63, 3.8) is 0 Å². The van der Waals surface area contributed by atoms with Crippen molar-refractivity contribution in [2.45, 2.75) is 20.8 Å². The van der Waals surface area contributed by atoms with Crippen LogP contribution in [0.1, 0.15) is 33.0 Å². The maximum absolute atomic E-state index is 13.1. The van der Waals surface area contributed by atoms with Crippen LogP contribution in [0, 0.1) is 20.8 Å². The van der Waals surface area contributed by atoms with Crippen LogP contribution >= 0.6 is 11.6 Å². The van der Waals surface area contributed by atoms with Crippen LogP contribution in [0.15, 0.2) is 60.7 Å². The molecule has 0 fully saturated rings. The topological polar surface area (TPSA) is 72.7 Å². The second-order valence-electron chi connectivity index (χ2n) is 7.04. The summed E-state index contributed by atoms with van der Waals surface area (Å²) in [6.45, 7) is 5.77. The first-order valence-corrected chi connectivity index (χ1v) is 9.84. The van der Waals surface area contributed by atoms with Gasteiger partial charge in [-0.3, -0.25) is 4.79 Å². The van der Waals surface area contributed by atoms with Crippen molar-refractivity contribution in [2.24, 2.45) is 0 Å². The standard InChI is InChI=1S/C23H20ClN5O/c1-14-12-21(27-23(25-14)29-16(3)11-15(2)28-29)26-20-10-9-18(24)13-19(20)22(30)17-7-5-4-6-8-17/h4-13H,1-3H3,(H,25,26,27). The largest absolute Gasteiger partial charge is 0.339 e. The van der Waals surface area contributed by atoms with Crippen LogP contribution in [0.4, 0.5) is 11.5 Å². The van der Waals surface area contributed by atoms with Gasteiger partial charge in [0.05, 0.1) is 11.4 Å². The Balaban J connectivity index is 1.73. The van der Waals surface area contributed by atoms with E-state index in [-0.39, 0.29) is 5.78 Å². The minimum atomic E-state index is -0.120. The number of aryl methyl sites for hydroxylation is 3. The first-order chi connectivity index (χ1) is 14.4. The van der Waals surface area contributed by atoms with Gasteiger partial charge in [0.15, 0.2) is 5.78 Å². The number of anilines is 2. The molecule has 2 heterocycles. The van der Waals surface area contributed by atoms with Gasteiger partial charge in [-0.15, -0.1) is 0 Å². The third-order valence-electron chi connectivity index (χ3n) is 4.57. The Kier molecular flexibility index (Phi) is 5.33. The fraction of sp³-hybridized carbons (Fsp3) is 0.130. The van der Waals surface area contributed by atoms with Crippen molar-refractivity contribution >= 4 is 28.9 Å². The number of rotatable bonds is 5. The lowest BCUT2D eigenvalue weighted by molar-refractivity contribution is 0.103. The summed E-state index contributed by atoms with van der Waals surface area (Å²) in [5.74, 6) is 0.910. The lowest BCUT2D eigenvalue weighted by atomic mass is 10.0. The van der Waals surface area contributed by atoms with Crippen molar-refractivity contribution < 1.29 is 4.79 Å². The fourth-order valence-electron chi connectivity index (χ4n) is 3.24. The van der Waals surface area contributed by atoms with Gasteiger partial charge in [-0.2, -0.15) is 10.1 Å². The molecule has 0 bridgehead atoms. The van der Waals surface area contributed by atoms with Crippen molar-refractivity contribution in [1.29, 1.82) is 0 Å². The molecule has 7 heteroatoms. The Morgan fingerprint density at radius 1 is 0.933 bits per heavy atom. The average Bonchev–Trinajstić information content (AvgIpc) is 3.07. The molecule has 1 N–H and O–H groups in total. The van der Waals surface area contributed by atoms with Gasteiger partial charge in [-0.25, -0.2) is 9.67 Å². The molecule has 0 atom stereocenters. The minimum Gasteiger partial charge on any atom is -0.339 e. The van der Waals surface area contributed by atoms with E-state index in [0.717, 1.165) is 17.1 Å². The molecule has 4 rings (SSSR count). The molecule has 0 amide bonds. The molecule has 0 saturated heterocycles. The van der Waals surface area contributed by atoms with Crippen LogP contribution in [-0.4, -0.2) is 25.5 Å². The lowest BCUT2D eigenvalue weighted by Gasteiger charge is -2.13. The van der Waals surface area contributed by atoms with E-state index < -0.39 is 0 Å². The second-order valence-corrected chi connectivity index (χ2v) is 7.48. The van der Waals surface area contributed by atoms with E-state index in [0.29, 0.717) is 33.6 Å². The van der Waals surface area contributed by atoms with E-state index in [4.69, 9.17) is 11.6 Å². The lowest BCUT2D eigenvalue weighted by Crippen LogP contribution is -2.10. The number of hydrogen-bond acceptors (Lipinski definition) is 5. The molecule has 0 aliphatic rings. The van der Waals surface area contributed by atoms with Crippen LogP contribution in [0.5, 0.6) is 0 Å². The summed E-state index contributed by atoms with van der Waals surface area (Å²) in [6, 6.07) is 18.1. The summed E-state index contributed by atoms with van der Waals surface area (Å²) in [5.41, 5.74) is 4.28. The number of hydrogen-bond donors (Lipinski definition) is 1. The van der Waals surface area contributed by atoms with Gasteiger partial charge in [0.1, 0.15) is 5.82 Å². The average molecular weight is 418 g/mol. The number of nitrogens with one attached hydrogen (secondary N) is 1. The van der Waals surface area contributed by atoms with Gasteiger partial charge in [0, 0.05) is 33.6 Å². The molecule has 150 valence electrons. The highest BCUT2D eigenvalue weighted by Gasteiger charge is 2.16. The monoisotopic (exact) mass is 417 g/mol. The van der Waals surface area contributed by atoms with Crippen molar-refractivity contribution in [1.82, 2.24) is 19.7 Å². The Labute approximate surface area is 179 Å². The molecule has 0 saturated carbocycles. The number of ketones is 1. The molecular weight excluding hydrogens is 398 g/mol. The van der Waals surface area contributed by atoms with Gasteiger partial charge in [-0.05, 0) is 45.0 Å². The first-order valence-electron chi connectivity index (χ1n) is 9.46. The molecule has 6 nitrogen and oxygen atoms in total. The van der Waals surface area contributed by atoms with Crippen LogP contribution in [0.25, 0.3) is 5.95 Å². The summed E-state index contributed by atoms with van der Waals surface area (Å²) in [6.07, 6.45) is 0. The van der Waals surface area contributed by atoms with Gasteiger partial charge in [0.25, 0.3) is 5.95 Å². The van der Waals surface area contributed by atoms with E-state index in [1.165, 1.54) is 0 Å². The SMILES string of the molecule is Cc1cc(Nc2ccc(Cl)cc2C(=O)c2ccccc2)nc(-n2nc(C)cc2C)n1. The number of benzene rings is 2. The van der Waals surface area contributed by atoms with Gasteiger partial charge in [-0.1, -0.05) is 41.9 Å². The van der Waals surface area contributed by atoms with Gasteiger partial charge in [0.2, 0.25) is 0 Å². The molecule has 0 radical (unpaired) electrons. The summed E-state index contributed by atoms with van der Waals surface area (Å²) in [4.78, 5) is 22.2. The smallest absolute Gasteiger partial charge is 0.252 e. The molecule has 0 spiro atoms. The van der Waals surface area contributed by atoms with E-state index >= 15 is 0 Å². The van der Waals surface area contributed by atoms with Crippen molar-refractivity contribution in [3.05, 3.63) is 93.9 Å². The summed E-state index contributed by atoms with van der Waals surface area (Å²) in [7, 11) is 0. The predicted molar refractivity (Wildman–Crippen MR) is 118 cm³/mol. The molecule has 30 heavy (non-hydrogen) atoms. The molecule has 4 aromatic rings. The normalized spacial score (nSPS) is 10.8. The van der Waals surface area contributed by atoms with E-state index in [1.807, 2.05) is 51.1 Å². The summed E-state index contributed by atoms with van der Waals surface area (Å²) >= 11 is 6.18. The van der Waals surface area contributed by atoms with Crippen molar-refractivity contribution in [2.75, 3.05) is 5.32 Å². The number of carbonyl (C=O) groups excluding carboxylic acids is 1. The van der Waals surface area contributed by atoms with Gasteiger partial charge < -0.3 is 5.32 Å². The fourth-order valence-corrected chi connectivity index (χ4v) is 3.41. The Bertz CT molecular complexity index is 1230. The Morgan fingerprint density at radius 3 is 2.40 bits per heavy atom. The van der Waals surface area contributed by atoms with E-state index in [9.17, 15) is 4.79 Å². The number of nitrogens with zero attached hydrogens (tertiary/aromatic N) is 4. The third kappa shape index (κ3) is 4.09. The number of halogens is 1. The summed E-state index contributed by atoms with van der Waals surface area (Å²) in [5, 5.41) is 8.20. The van der Waals surface area contributed by atoms with Crippen LogP contribution < -0.4 is 5.32 Å². The number of aromatic nitrogens is 4. The highest BCUT2D eigenvalue weighted by atomic mass is 35.5. The number of carbonyl (C=O) groups is 1. The zero-order valence-electron chi connectivity index (χ0n) is 16.8. The van der Waals surface area contributed by atoms with E-state index in [2.05, 4.69) is 20.4 Å². The second kappa shape index (κ2) is 8.08. The molecule has 0 aliphatic heterocycles. The van der Waals surface area contributed by atoms with Crippen LogP contribution in [0.2, 0.25) is 5.02 Å². The van der Waals surface area contributed by atoms with Crippen LogP contribution in [-0.2, 0) is 0 Å². The molecule has 0 aliphatic carbocycles. The van der Waals surface area contributed by atoms with Gasteiger partial charge >= 0.3 is 0 Å². The Morgan fingerprint density at radius 2 is 1.70 bits per heavy atom. The van der Waals surface area contributed by atoms with E-state index in [1.54, 1.807) is 35.0 Å². The highest BCUT2D eigenvalue weighted by Crippen LogP contribution is 2.26. The molecule has 2 aromatic heterocycles. The zero-order valence-corrected chi connectivity index (χ0v) is 17.6. The molecule has 0 unspecified atom stereocenters. The maximum Gasteiger partial charge on any atom is 0.252 e. The maximum atomic E-state index is 13.1. The molecule has 2 aromatic carbocycles.